The molecule has 4 heteroatoms. The maximum absolute atomic E-state index is 5.26. The van der Waals surface area contributed by atoms with Gasteiger partial charge in [0.15, 0.2) is 5.11 Å². The number of nitrogens with zero attached hydrogens (tertiary/aromatic N) is 1. The molecule has 0 aliphatic heterocycles. The highest BCUT2D eigenvalue weighted by atomic mass is 32.1. The van der Waals surface area contributed by atoms with Crippen molar-refractivity contribution >= 4 is 29.2 Å². The summed E-state index contributed by atoms with van der Waals surface area (Å²) in [5.41, 5.74) is 6.10. The summed E-state index contributed by atoms with van der Waals surface area (Å²) in [5.74, 6) is 0.435. The minimum Gasteiger partial charge on any atom is -0.331 e. The molecule has 0 saturated carbocycles. The van der Waals surface area contributed by atoms with E-state index < -0.39 is 0 Å². The van der Waals surface area contributed by atoms with Gasteiger partial charge < -0.3 is 5.32 Å². The molecule has 0 heterocycles. The van der Waals surface area contributed by atoms with Crippen LogP contribution in [0.1, 0.15) is 30.9 Å². The molecule has 21 heavy (non-hydrogen) atoms. The average Bonchev–Trinajstić information content (AvgIpc) is 2.48. The Morgan fingerprint density at radius 1 is 1.05 bits per heavy atom. The minimum atomic E-state index is 0.435. The summed E-state index contributed by atoms with van der Waals surface area (Å²) < 4.78 is 0. The molecule has 0 radical (unpaired) electrons. The molecule has 2 aromatic carbocycles. The number of hydrazone groups is 1. The fourth-order valence-corrected chi connectivity index (χ4v) is 2.13. The smallest absolute Gasteiger partial charge is 0.191 e. The van der Waals surface area contributed by atoms with E-state index in [1.54, 1.807) is 6.21 Å². The lowest BCUT2D eigenvalue weighted by molar-refractivity contribution is 0.869. The summed E-state index contributed by atoms with van der Waals surface area (Å²) in [6.45, 7) is 4.31. The van der Waals surface area contributed by atoms with Gasteiger partial charge in [-0.1, -0.05) is 62.4 Å². The Balaban J connectivity index is 1.95. The van der Waals surface area contributed by atoms with Crippen LogP contribution in [0.5, 0.6) is 0 Å². The quantitative estimate of drug-likeness (QED) is 0.506. The molecular weight excluding hydrogens is 278 g/mol. The van der Waals surface area contributed by atoms with E-state index in [9.17, 15) is 0 Å². The molecule has 0 saturated heterocycles. The van der Waals surface area contributed by atoms with Gasteiger partial charge >= 0.3 is 0 Å². The van der Waals surface area contributed by atoms with Gasteiger partial charge in [0.05, 0.1) is 6.21 Å². The van der Waals surface area contributed by atoms with Gasteiger partial charge in [0, 0.05) is 5.69 Å². The molecule has 0 spiro atoms. The molecule has 0 fully saturated rings. The van der Waals surface area contributed by atoms with Crippen molar-refractivity contribution in [2.24, 2.45) is 5.10 Å². The number of thiocarbonyl (C=S) groups is 1. The third-order valence-electron chi connectivity index (χ3n) is 3.01. The molecule has 0 aromatic heterocycles. The van der Waals surface area contributed by atoms with Crippen molar-refractivity contribution in [1.82, 2.24) is 5.43 Å². The van der Waals surface area contributed by atoms with Crippen molar-refractivity contribution in [3.05, 3.63) is 65.7 Å². The number of hydrogen-bond acceptors (Lipinski definition) is 2. The fraction of sp³-hybridized carbons (Fsp3) is 0.176. The van der Waals surface area contributed by atoms with Gasteiger partial charge in [0.1, 0.15) is 0 Å². The molecule has 0 unspecified atom stereocenters. The van der Waals surface area contributed by atoms with E-state index in [4.69, 9.17) is 12.2 Å². The van der Waals surface area contributed by atoms with Crippen molar-refractivity contribution in [3.8, 4) is 0 Å². The number of hydrogen-bond donors (Lipinski definition) is 2. The van der Waals surface area contributed by atoms with Crippen molar-refractivity contribution in [2.75, 3.05) is 5.32 Å². The SMILES string of the molecule is CC(C)c1ccccc1NC(=S)NN=Cc1ccccc1. The van der Waals surface area contributed by atoms with E-state index in [1.807, 2.05) is 48.5 Å². The maximum Gasteiger partial charge on any atom is 0.191 e. The number of rotatable bonds is 4. The van der Waals surface area contributed by atoms with Crippen LogP contribution in [0, 0.1) is 0 Å². The van der Waals surface area contributed by atoms with E-state index in [2.05, 4.69) is 35.8 Å². The molecule has 0 bridgehead atoms. The first-order valence-corrected chi connectivity index (χ1v) is 7.31. The van der Waals surface area contributed by atoms with E-state index >= 15 is 0 Å². The lowest BCUT2D eigenvalue weighted by atomic mass is 10.0. The monoisotopic (exact) mass is 297 g/mol. The number of benzene rings is 2. The Hall–Kier alpha value is -2.20. The predicted octanol–water partition coefficient (Wildman–Crippen LogP) is 4.13. The Morgan fingerprint density at radius 3 is 2.43 bits per heavy atom. The molecule has 3 nitrogen and oxygen atoms in total. The average molecular weight is 297 g/mol. The van der Waals surface area contributed by atoms with E-state index in [0.29, 0.717) is 11.0 Å². The number of anilines is 1. The Bertz CT molecular complexity index is 621. The molecule has 2 aromatic rings. The third kappa shape index (κ3) is 4.68. The summed E-state index contributed by atoms with van der Waals surface area (Å²) in [6.07, 6.45) is 1.74. The molecule has 2 N–H and O–H groups in total. The van der Waals surface area contributed by atoms with Crippen molar-refractivity contribution < 1.29 is 0 Å². The van der Waals surface area contributed by atoms with Crippen molar-refractivity contribution in [1.29, 1.82) is 0 Å². The van der Waals surface area contributed by atoms with Gasteiger partial charge in [-0.2, -0.15) is 5.10 Å². The number of para-hydroxylation sites is 1. The lowest BCUT2D eigenvalue weighted by Gasteiger charge is -2.14. The second kappa shape index (κ2) is 7.55. The summed E-state index contributed by atoms with van der Waals surface area (Å²) in [5, 5.41) is 7.80. The molecule has 0 amide bonds. The zero-order valence-electron chi connectivity index (χ0n) is 12.2. The first-order valence-electron chi connectivity index (χ1n) is 6.91. The zero-order valence-corrected chi connectivity index (χ0v) is 13.0. The molecule has 0 aliphatic carbocycles. The minimum absolute atomic E-state index is 0.435. The lowest BCUT2D eigenvalue weighted by Crippen LogP contribution is -2.24. The van der Waals surface area contributed by atoms with Crippen LogP contribution in [0.3, 0.4) is 0 Å². The Kier molecular flexibility index (Phi) is 5.46. The maximum atomic E-state index is 5.26. The van der Waals surface area contributed by atoms with Crippen LogP contribution in [0.4, 0.5) is 5.69 Å². The van der Waals surface area contributed by atoms with Gasteiger partial charge in [-0.25, -0.2) is 0 Å². The standard InChI is InChI=1S/C17H19N3S/c1-13(2)15-10-6-7-11-16(15)19-17(21)20-18-12-14-8-4-3-5-9-14/h3-13H,1-2H3,(H2,19,20,21). The summed E-state index contributed by atoms with van der Waals surface area (Å²) >= 11 is 5.26. The van der Waals surface area contributed by atoms with Crippen LogP contribution >= 0.6 is 12.2 Å². The van der Waals surface area contributed by atoms with Crippen molar-refractivity contribution in [2.45, 2.75) is 19.8 Å². The van der Waals surface area contributed by atoms with E-state index in [-0.39, 0.29) is 0 Å². The first kappa shape index (κ1) is 15.2. The highest BCUT2D eigenvalue weighted by Crippen LogP contribution is 2.23. The van der Waals surface area contributed by atoms with Gasteiger partial charge in [0.25, 0.3) is 0 Å². The zero-order chi connectivity index (χ0) is 15.1. The van der Waals surface area contributed by atoms with Crippen LogP contribution in [0.25, 0.3) is 0 Å². The molecule has 0 aliphatic rings. The van der Waals surface area contributed by atoms with Crippen molar-refractivity contribution in [3.63, 3.8) is 0 Å². The van der Waals surface area contributed by atoms with Gasteiger partial charge in [0.2, 0.25) is 0 Å². The van der Waals surface area contributed by atoms with Gasteiger partial charge in [-0.15, -0.1) is 0 Å². The predicted molar refractivity (Wildman–Crippen MR) is 93.9 cm³/mol. The first-order chi connectivity index (χ1) is 10.2. The fourth-order valence-electron chi connectivity index (χ4n) is 1.97. The van der Waals surface area contributed by atoms with E-state index in [1.165, 1.54) is 5.56 Å². The molecule has 2 rings (SSSR count). The van der Waals surface area contributed by atoms with Crippen LogP contribution < -0.4 is 10.7 Å². The second-order valence-electron chi connectivity index (χ2n) is 4.98. The third-order valence-corrected chi connectivity index (χ3v) is 3.20. The molecule has 0 atom stereocenters. The van der Waals surface area contributed by atoms with Gasteiger partial charge in [-0.3, -0.25) is 5.43 Å². The summed E-state index contributed by atoms with van der Waals surface area (Å²) in [4.78, 5) is 0. The second-order valence-corrected chi connectivity index (χ2v) is 5.39. The van der Waals surface area contributed by atoms with E-state index in [0.717, 1.165) is 11.3 Å². The largest absolute Gasteiger partial charge is 0.331 e. The highest BCUT2D eigenvalue weighted by Gasteiger charge is 2.06. The molecule has 108 valence electrons. The summed E-state index contributed by atoms with van der Waals surface area (Å²) in [7, 11) is 0. The topological polar surface area (TPSA) is 36.4 Å². The molecular formula is C17H19N3S. The van der Waals surface area contributed by atoms with Crippen LogP contribution in [0.15, 0.2) is 59.7 Å². The van der Waals surface area contributed by atoms with Crippen LogP contribution in [0.2, 0.25) is 0 Å². The van der Waals surface area contributed by atoms with Gasteiger partial charge in [-0.05, 0) is 35.3 Å². The number of nitrogens with one attached hydrogen (secondary N) is 2. The Morgan fingerprint density at radius 2 is 1.71 bits per heavy atom. The summed E-state index contributed by atoms with van der Waals surface area (Å²) in [6, 6.07) is 18.0. The van der Waals surface area contributed by atoms with Crippen LogP contribution in [-0.2, 0) is 0 Å². The highest BCUT2D eigenvalue weighted by molar-refractivity contribution is 7.80. The normalized spacial score (nSPS) is 10.8. The Labute approximate surface area is 131 Å². The van der Waals surface area contributed by atoms with Crippen LogP contribution in [-0.4, -0.2) is 11.3 Å².